The molecule has 2 aromatic rings. The molecule has 0 aliphatic carbocycles. The fourth-order valence-electron chi connectivity index (χ4n) is 1.74. The van der Waals surface area contributed by atoms with Crippen LogP contribution in [0.2, 0.25) is 0 Å². The van der Waals surface area contributed by atoms with Crippen LogP contribution in [0.4, 0.5) is 5.69 Å². The van der Waals surface area contributed by atoms with Crippen molar-refractivity contribution in [1.82, 2.24) is 0 Å². The summed E-state index contributed by atoms with van der Waals surface area (Å²) in [5.74, 6) is 0.840. The molecule has 0 unspecified atom stereocenters. The zero-order chi connectivity index (χ0) is 15.4. The second-order valence-electron chi connectivity index (χ2n) is 4.16. The Morgan fingerprint density at radius 1 is 1.00 bits per heavy atom. The van der Waals surface area contributed by atoms with Crippen LogP contribution in [0.3, 0.4) is 0 Å². The first kappa shape index (κ1) is 15.9. The van der Waals surface area contributed by atoms with E-state index in [1.807, 2.05) is 24.3 Å². The Morgan fingerprint density at radius 2 is 1.52 bits per heavy atom. The highest BCUT2D eigenvalue weighted by atomic mass is 79.9. The maximum absolute atomic E-state index is 12.3. The van der Waals surface area contributed by atoms with Crippen LogP contribution in [-0.4, -0.2) is 20.1 Å². The van der Waals surface area contributed by atoms with Gasteiger partial charge in [0.05, 0.1) is 14.2 Å². The van der Waals surface area contributed by atoms with E-state index in [-0.39, 0.29) is 5.91 Å². The van der Waals surface area contributed by atoms with Crippen molar-refractivity contribution in [2.24, 2.45) is 0 Å². The quantitative estimate of drug-likeness (QED) is 0.802. The van der Waals surface area contributed by atoms with Crippen molar-refractivity contribution in [3.63, 3.8) is 0 Å². The fraction of sp³-hybridized carbons (Fsp3) is 0.133. The fourth-order valence-corrected chi connectivity index (χ4v) is 2.55. The van der Waals surface area contributed by atoms with Crippen molar-refractivity contribution < 1.29 is 14.3 Å². The molecule has 0 aromatic heterocycles. The summed E-state index contributed by atoms with van der Waals surface area (Å²) in [4.78, 5) is 12.3. The lowest BCUT2D eigenvalue weighted by Gasteiger charge is -2.11. The average Bonchev–Trinajstić information content (AvgIpc) is 2.49. The van der Waals surface area contributed by atoms with E-state index in [1.165, 1.54) is 14.2 Å². The van der Waals surface area contributed by atoms with E-state index in [9.17, 15) is 4.79 Å². The lowest BCUT2D eigenvalue weighted by Crippen LogP contribution is -2.12. The molecule has 0 saturated carbocycles. The number of carbonyl (C=O) groups is 1. The SMILES string of the molecule is COc1cc(C(=O)Nc2ccc(Br)cc2)cc(OC)c1Br. The summed E-state index contributed by atoms with van der Waals surface area (Å²) in [6.07, 6.45) is 0. The van der Waals surface area contributed by atoms with E-state index in [2.05, 4.69) is 37.2 Å². The summed E-state index contributed by atoms with van der Waals surface area (Å²) < 4.78 is 12.1. The van der Waals surface area contributed by atoms with Crippen LogP contribution in [0, 0.1) is 0 Å². The summed E-state index contributed by atoms with van der Waals surface area (Å²) >= 11 is 6.72. The monoisotopic (exact) mass is 413 g/mol. The van der Waals surface area contributed by atoms with Crippen LogP contribution in [-0.2, 0) is 0 Å². The molecular weight excluding hydrogens is 402 g/mol. The van der Waals surface area contributed by atoms with Crippen molar-refractivity contribution in [3.8, 4) is 11.5 Å². The first-order chi connectivity index (χ1) is 10.0. The molecule has 0 saturated heterocycles. The van der Waals surface area contributed by atoms with Crippen LogP contribution < -0.4 is 14.8 Å². The minimum Gasteiger partial charge on any atom is -0.495 e. The third-order valence-corrected chi connectivity index (χ3v) is 4.12. The predicted octanol–water partition coefficient (Wildman–Crippen LogP) is 4.48. The highest BCUT2D eigenvalue weighted by Crippen LogP contribution is 2.35. The highest BCUT2D eigenvalue weighted by molar-refractivity contribution is 9.11. The Kier molecular flexibility index (Phi) is 5.25. The molecule has 2 aromatic carbocycles. The van der Waals surface area contributed by atoms with Gasteiger partial charge in [0.15, 0.2) is 0 Å². The standard InChI is InChI=1S/C15H13Br2NO3/c1-20-12-7-9(8-13(21-2)14(12)17)15(19)18-11-5-3-10(16)4-6-11/h3-8H,1-2H3,(H,18,19). The van der Waals surface area contributed by atoms with Gasteiger partial charge in [0.2, 0.25) is 0 Å². The number of rotatable bonds is 4. The summed E-state index contributed by atoms with van der Waals surface area (Å²) in [6.45, 7) is 0. The molecule has 110 valence electrons. The van der Waals surface area contributed by atoms with Crippen molar-refractivity contribution >= 4 is 43.5 Å². The molecule has 0 radical (unpaired) electrons. The molecule has 0 heterocycles. The summed E-state index contributed by atoms with van der Waals surface area (Å²) in [5.41, 5.74) is 1.17. The molecular formula is C15H13Br2NO3. The molecule has 4 nitrogen and oxygen atoms in total. The maximum Gasteiger partial charge on any atom is 0.255 e. The van der Waals surface area contributed by atoms with Crippen LogP contribution in [0.1, 0.15) is 10.4 Å². The van der Waals surface area contributed by atoms with Crippen molar-refractivity contribution in [1.29, 1.82) is 0 Å². The molecule has 0 bridgehead atoms. The minimum atomic E-state index is -0.235. The van der Waals surface area contributed by atoms with Gasteiger partial charge < -0.3 is 14.8 Å². The van der Waals surface area contributed by atoms with E-state index in [4.69, 9.17) is 9.47 Å². The zero-order valence-electron chi connectivity index (χ0n) is 11.4. The number of anilines is 1. The van der Waals surface area contributed by atoms with Crippen LogP contribution in [0.15, 0.2) is 45.3 Å². The Hall–Kier alpha value is -1.53. The number of hydrogen-bond donors (Lipinski definition) is 1. The number of hydrogen-bond acceptors (Lipinski definition) is 3. The Morgan fingerprint density at radius 3 is 2.00 bits per heavy atom. The maximum atomic E-state index is 12.3. The number of carbonyl (C=O) groups excluding carboxylic acids is 1. The number of nitrogens with one attached hydrogen (secondary N) is 1. The first-order valence-corrected chi connectivity index (χ1v) is 7.62. The predicted molar refractivity (Wildman–Crippen MR) is 89.3 cm³/mol. The third-order valence-electron chi connectivity index (χ3n) is 2.81. The molecule has 1 N–H and O–H groups in total. The molecule has 0 aliphatic heterocycles. The van der Waals surface area contributed by atoms with Crippen LogP contribution in [0.25, 0.3) is 0 Å². The van der Waals surface area contributed by atoms with E-state index >= 15 is 0 Å². The van der Waals surface area contributed by atoms with Gasteiger partial charge in [-0.25, -0.2) is 0 Å². The number of benzene rings is 2. The molecule has 0 spiro atoms. The molecule has 0 aliphatic rings. The number of amides is 1. The summed E-state index contributed by atoms with van der Waals surface area (Å²) in [5, 5.41) is 2.82. The molecule has 1 amide bonds. The lowest BCUT2D eigenvalue weighted by atomic mass is 10.1. The number of ether oxygens (including phenoxy) is 2. The molecule has 6 heteroatoms. The first-order valence-electron chi connectivity index (χ1n) is 6.03. The average molecular weight is 415 g/mol. The topological polar surface area (TPSA) is 47.6 Å². The number of halogens is 2. The van der Waals surface area contributed by atoms with Gasteiger partial charge in [-0.2, -0.15) is 0 Å². The molecule has 0 atom stereocenters. The van der Waals surface area contributed by atoms with Crippen LogP contribution in [0.5, 0.6) is 11.5 Å². The molecule has 21 heavy (non-hydrogen) atoms. The van der Waals surface area contributed by atoms with Gasteiger partial charge in [-0.15, -0.1) is 0 Å². The van der Waals surface area contributed by atoms with Gasteiger partial charge in [-0.05, 0) is 52.3 Å². The van der Waals surface area contributed by atoms with Crippen molar-refractivity contribution in [2.75, 3.05) is 19.5 Å². The smallest absolute Gasteiger partial charge is 0.255 e. The van der Waals surface area contributed by atoms with Gasteiger partial charge in [-0.1, -0.05) is 15.9 Å². The van der Waals surface area contributed by atoms with Gasteiger partial charge in [0.1, 0.15) is 16.0 Å². The van der Waals surface area contributed by atoms with Crippen LogP contribution >= 0.6 is 31.9 Å². The summed E-state index contributed by atoms with van der Waals surface area (Å²) in [6, 6.07) is 10.7. The van der Waals surface area contributed by atoms with E-state index in [1.54, 1.807) is 12.1 Å². The van der Waals surface area contributed by atoms with Gasteiger partial charge in [0.25, 0.3) is 5.91 Å². The number of methoxy groups -OCH3 is 2. The zero-order valence-corrected chi connectivity index (χ0v) is 14.6. The van der Waals surface area contributed by atoms with Gasteiger partial charge in [0, 0.05) is 15.7 Å². The largest absolute Gasteiger partial charge is 0.495 e. The minimum absolute atomic E-state index is 0.235. The Labute approximate surface area is 139 Å². The molecule has 2 rings (SSSR count). The van der Waals surface area contributed by atoms with Crippen molar-refractivity contribution in [3.05, 3.63) is 50.9 Å². The Balaban J connectivity index is 2.28. The normalized spacial score (nSPS) is 10.1. The second kappa shape index (κ2) is 6.95. The van der Waals surface area contributed by atoms with E-state index < -0.39 is 0 Å². The third kappa shape index (κ3) is 3.77. The highest BCUT2D eigenvalue weighted by Gasteiger charge is 2.14. The Bertz CT molecular complexity index is 631. The summed E-state index contributed by atoms with van der Waals surface area (Å²) in [7, 11) is 3.08. The van der Waals surface area contributed by atoms with Gasteiger partial charge in [-0.3, -0.25) is 4.79 Å². The van der Waals surface area contributed by atoms with Crippen molar-refractivity contribution in [2.45, 2.75) is 0 Å². The van der Waals surface area contributed by atoms with E-state index in [0.29, 0.717) is 27.2 Å². The second-order valence-corrected chi connectivity index (χ2v) is 5.86. The lowest BCUT2D eigenvalue weighted by molar-refractivity contribution is 0.102. The molecule has 0 fully saturated rings. The van der Waals surface area contributed by atoms with E-state index in [0.717, 1.165) is 4.47 Å². The van der Waals surface area contributed by atoms with Gasteiger partial charge >= 0.3 is 0 Å².